The van der Waals surface area contributed by atoms with Crippen LogP contribution in [0.5, 0.6) is 5.75 Å². The molecule has 0 fully saturated rings. The summed E-state index contributed by atoms with van der Waals surface area (Å²) in [6, 6.07) is 7.47. The highest BCUT2D eigenvalue weighted by atomic mass is 16.5. The van der Waals surface area contributed by atoms with Gasteiger partial charge in [0.25, 0.3) is 5.91 Å². The minimum Gasteiger partial charge on any atom is -0.484 e. The van der Waals surface area contributed by atoms with Crippen molar-refractivity contribution in [3.63, 3.8) is 0 Å². The van der Waals surface area contributed by atoms with Crippen molar-refractivity contribution in [2.45, 2.75) is 13.0 Å². The van der Waals surface area contributed by atoms with Gasteiger partial charge in [-0.1, -0.05) is 12.1 Å². The van der Waals surface area contributed by atoms with Gasteiger partial charge in [-0.15, -0.1) is 12.3 Å². The van der Waals surface area contributed by atoms with Crippen molar-refractivity contribution in [2.24, 2.45) is 5.73 Å². The molecule has 0 saturated heterocycles. The number of rotatable bonds is 7. The molecule has 90 valence electrons. The Morgan fingerprint density at radius 3 is 2.71 bits per heavy atom. The number of nitrogens with two attached hydrogens (primary N) is 1. The van der Waals surface area contributed by atoms with E-state index >= 15 is 0 Å². The fourth-order valence-electron chi connectivity index (χ4n) is 1.25. The fourth-order valence-corrected chi connectivity index (χ4v) is 1.25. The molecule has 3 N–H and O–H groups in total. The second kappa shape index (κ2) is 7.31. The summed E-state index contributed by atoms with van der Waals surface area (Å²) in [6.07, 6.45) is 5.86. The lowest BCUT2D eigenvalue weighted by atomic mass is 10.2. The fraction of sp³-hybridized carbons (Fsp3) is 0.308. The minimum atomic E-state index is -0.481. The number of ether oxygens (including phenoxy) is 1. The molecule has 1 aromatic carbocycles. The van der Waals surface area contributed by atoms with Gasteiger partial charge in [0.15, 0.2) is 6.61 Å². The minimum absolute atomic E-state index is 0.0975. The number of hydrogen-bond acceptors (Lipinski definition) is 3. The maximum Gasteiger partial charge on any atom is 0.255 e. The van der Waals surface area contributed by atoms with E-state index < -0.39 is 5.91 Å². The highest BCUT2D eigenvalue weighted by Crippen LogP contribution is 2.11. The Morgan fingerprint density at radius 1 is 1.41 bits per heavy atom. The molecule has 0 atom stereocenters. The second-order valence-corrected chi connectivity index (χ2v) is 3.53. The molecule has 0 bridgehead atoms. The van der Waals surface area contributed by atoms with E-state index in [0.29, 0.717) is 5.75 Å². The molecule has 0 heterocycles. The summed E-state index contributed by atoms with van der Waals surface area (Å²) >= 11 is 0. The van der Waals surface area contributed by atoms with Crippen molar-refractivity contribution in [1.29, 1.82) is 0 Å². The van der Waals surface area contributed by atoms with Gasteiger partial charge < -0.3 is 15.8 Å². The Morgan fingerprint density at radius 2 is 2.12 bits per heavy atom. The van der Waals surface area contributed by atoms with Gasteiger partial charge in [0.1, 0.15) is 5.75 Å². The molecule has 0 aliphatic rings. The van der Waals surface area contributed by atoms with E-state index in [0.717, 1.165) is 25.1 Å². The predicted molar refractivity (Wildman–Crippen MR) is 66.3 cm³/mol. The summed E-state index contributed by atoms with van der Waals surface area (Å²) in [6.45, 7) is 1.47. The molecule has 4 heteroatoms. The number of hydrogen-bond donors (Lipinski definition) is 2. The molecule has 0 radical (unpaired) electrons. The van der Waals surface area contributed by atoms with Crippen molar-refractivity contribution in [3.05, 3.63) is 29.8 Å². The number of nitrogens with one attached hydrogen (secondary N) is 1. The number of primary amides is 1. The van der Waals surface area contributed by atoms with Gasteiger partial charge >= 0.3 is 0 Å². The van der Waals surface area contributed by atoms with Crippen molar-refractivity contribution < 1.29 is 9.53 Å². The van der Waals surface area contributed by atoms with Crippen LogP contribution in [-0.4, -0.2) is 19.1 Å². The quantitative estimate of drug-likeness (QED) is 0.536. The van der Waals surface area contributed by atoms with Crippen LogP contribution in [0.2, 0.25) is 0 Å². The Labute approximate surface area is 101 Å². The van der Waals surface area contributed by atoms with E-state index in [9.17, 15) is 4.79 Å². The second-order valence-electron chi connectivity index (χ2n) is 3.53. The van der Waals surface area contributed by atoms with Crippen LogP contribution in [0, 0.1) is 12.3 Å². The van der Waals surface area contributed by atoms with Crippen LogP contribution in [0.1, 0.15) is 12.0 Å². The Balaban J connectivity index is 2.34. The average molecular weight is 232 g/mol. The van der Waals surface area contributed by atoms with Gasteiger partial charge in [0, 0.05) is 19.5 Å². The van der Waals surface area contributed by atoms with Gasteiger partial charge in [0.2, 0.25) is 0 Å². The zero-order chi connectivity index (χ0) is 12.5. The maximum absolute atomic E-state index is 10.5. The number of amides is 1. The van der Waals surface area contributed by atoms with Crippen molar-refractivity contribution in [2.75, 3.05) is 13.2 Å². The van der Waals surface area contributed by atoms with Crippen molar-refractivity contribution in [3.8, 4) is 18.1 Å². The monoisotopic (exact) mass is 232 g/mol. The molecule has 1 rings (SSSR count). The zero-order valence-corrected chi connectivity index (χ0v) is 9.61. The van der Waals surface area contributed by atoms with Crippen molar-refractivity contribution >= 4 is 5.91 Å². The topological polar surface area (TPSA) is 64.3 Å². The molecule has 0 spiro atoms. The lowest BCUT2D eigenvalue weighted by Crippen LogP contribution is -2.20. The van der Waals surface area contributed by atoms with E-state index in [-0.39, 0.29) is 6.61 Å². The average Bonchev–Trinajstić information content (AvgIpc) is 2.33. The highest BCUT2D eigenvalue weighted by Gasteiger charge is 1.98. The van der Waals surface area contributed by atoms with Gasteiger partial charge in [-0.05, 0) is 17.7 Å². The van der Waals surface area contributed by atoms with Crippen LogP contribution >= 0.6 is 0 Å². The normalized spacial score (nSPS) is 9.59. The number of benzene rings is 1. The molecule has 0 aromatic heterocycles. The maximum atomic E-state index is 10.5. The standard InChI is InChI=1S/C13H16N2O2/c1-2-3-8-15-9-11-4-6-12(7-5-11)17-10-13(14)16/h1,4-7,15H,3,8-10H2,(H2,14,16). The molecule has 4 nitrogen and oxygen atoms in total. The van der Waals surface area contributed by atoms with E-state index in [1.54, 1.807) is 12.1 Å². The first-order valence-corrected chi connectivity index (χ1v) is 5.36. The van der Waals surface area contributed by atoms with Crippen LogP contribution in [0.3, 0.4) is 0 Å². The number of carbonyl (C=O) groups is 1. The van der Waals surface area contributed by atoms with E-state index in [1.807, 2.05) is 12.1 Å². The summed E-state index contributed by atoms with van der Waals surface area (Å²) < 4.78 is 5.14. The van der Waals surface area contributed by atoms with Crippen LogP contribution in [-0.2, 0) is 11.3 Å². The Bertz CT molecular complexity index is 393. The molecular weight excluding hydrogens is 216 g/mol. The smallest absolute Gasteiger partial charge is 0.255 e. The van der Waals surface area contributed by atoms with Gasteiger partial charge in [-0.3, -0.25) is 4.79 Å². The Hall–Kier alpha value is -1.99. The third-order valence-electron chi connectivity index (χ3n) is 2.08. The molecule has 1 aromatic rings. The van der Waals surface area contributed by atoms with Gasteiger partial charge in [-0.25, -0.2) is 0 Å². The summed E-state index contributed by atoms with van der Waals surface area (Å²) in [4.78, 5) is 10.5. The Kier molecular flexibility index (Phi) is 5.62. The molecule has 0 aliphatic heterocycles. The van der Waals surface area contributed by atoms with Crippen LogP contribution < -0.4 is 15.8 Å². The lowest BCUT2D eigenvalue weighted by molar-refractivity contribution is -0.119. The first kappa shape index (κ1) is 13.1. The molecule has 0 saturated carbocycles. The van der Waals surface area contributed by atoms with Gasteiger partial charge in [-0.2, -0.15) is 0 Å². The third-order valence-corrected chi connectivity index (χ3v) is 2.08. The molecular formula is C13H16N2O2. The first-order valence-electron chi connectivity index (χ1n) is 5.36. The SMILES string of the molecule is C#CCCNCc1ccc(OCC(N)=O)cc1. The lowest BCUT2D eigenvalue weighted by Gasteiger charge is -2.06. The van der Waals surface area contributed by atoms with Crippen LogP contribution in [0.25, 0.3) is 0 Å². The first-order chi connectivity index (χ1) is 8.22. The van der Waals surface area contributed by atoms with Crippen LogP contribution in [0.4, 0.5) is 0 Å². The molecule has 1 amide bonds. The predicted octanol–water partition coefficient (Wildman–Crippen LogP) is 0.664. The van der Waals surface area contributed by atoms with Crippen LogP contribution in [0.15, 0.2) is 24.3 Å². The summed E-state index contributed by atoms with van der Waals surface area (Å²) in [5, 5.41) is 3.21. The molecule has 0 aliphatic carbocycles. The van der Waals surface area contributed by atoms with Gasteiger partial charge in [0.05, 0.1) is 0 Å². The number of terminal acetylenes is 1. The van der Waals surface area contributed by atoms with E-state index in [2.05, 4.69) is 11.2 Å². The highest BCUT2D eigenvalue weighted by molar-refractivity contribution is 5.75. The third kappa shape index (κ3) is 5.59. The summed E-state index contributed by atoms with van der Waals surface area (Å²) in [5.41, 5.74) is 6.11. The number of carbonyl (C=O) groups excluding carboxylic acids is 1. The molecule has 0 unspecified atom stereocenters. The van der Waals surface area contributed by atoms with E-state index in [4.69, 9.17) is 16.9 Å². The summed E-state index contributed by atoms with van der Waals surface area (Å²) in [5.74, 6) is 2.72. The van der Waals surface area contributed by atoms with Crippen molar-refractivity contribution in [1.82, 2.24) is 5.32 Å². The van der Waals surface area contributed by atoms with E-state index in [1.165, 1.54) is 0 Å². The summed E-state index contributed by atoms with van der Waals surface area (Å²) in [7, 11) is 0. The zero-order valence-electron chi connectivity index (χ0n) is 9.61. The largest absolute Gasteiger partial charge is 0.484 e. The molecule has 17 heavy (non-hydrogen) atoms.